The van der Waals surface area contributed by atoms with E-state index in [-0.39, 0.29) is 5.54 Å². The molecule has 0 saturated heterocycles. The van der Waals surface area contributed by atoms with Crippen LogP contribution in [0.3, 0.4) is 0 Å². The van der Waals surface area contributed by atoms with Crippen molar-refractivity contribution in [1.29, 1.82) is 0 Å². The SMILES string of the molecule is CCC1CCSC(NC(C)(C)COC)=N1. The maximum Gasteiger partial charge on any atom is 0.157 e. The van der Waals surface area contributed by atoms with Crippen LogP contribution in [0.2, 0.25) is 0 Å². The van der Waals surface area contributed by atoms with Gasteiger partial charge in [-0.2, -0.15) is 0 Å². The van der Waals surface area contributed by atoms with Crippen LogP contribution in [0.15, 0.2) is 4.99 Å². The van der Waals surface area contributed by atoms with Gasteiger partial charge in [-0.15, -0.1) is 0 Å². The molecule has 0 saturated carbocycles. The summed E-state index contributed by atoms with van der Waals surface area (Å²) in [6.45, 7) is 7.16. The molecule has 3 nitrogen and oxygen atoms in total. The topological polar surface area (TPSA) is 33.6 Å². The molecular weight excluding hydrogens is 208 g/mol. The second kappa shape index (κ2) is 5.75. The normalized spacial score (nSPS) is 22.4. The molecule has 0 bridgehead atoms. The van der Waals surface area contributed by atoms with E-state index in [1.807, 2.05) is 11.8 Å². The summed E-state index contributed by atoms with van der Waals surface area (Å²) in [5.41, 5.74) is -0.0315. The molecule has 0 aromatic heterocycles. The largest absolute Gasteiger partial charge is 0.382 e. The van der Waals surface area contributed by atoms with Crippen molar-refractivity contribution in [2.24, 2.45) is 4.99 Å². The second-order valence-corrected chi connectivity index (χ2v) is 5.66. The minimum Gasteiger partial charge on any atom is -0.382 e. The summed E-state index contributed by atoms with van der Waals surface area (Å²) in [5, 5.41) is 4.53. The fourth-order valence-electron chi connectivity index (χ4n) is 1.61. The summed E-state index contributed by atoms with van der Waals surface area (Å²) in [7, 11) is 1.73. The lowest BCUT2D eigenvalue weighted by molar-refractivity contribution is 0.140. The molecule has 15 heavy (non-hydrogen) atoms. The van der Waals surface area contributed by atoms with E-state index in [4.69, 9.17) is 4.74 Å². The van der Waals surface area contributed by atoms with E-state index in [0.717, 1.165) is 11.6 Å². The highest BCUT2D eigenvalue weighted by Crippen LogP contribution is 2.19. The molecule has 4 heteroatoms. The number of rotatable bonds is 4. The number of thioether (sulfide) groups is 1. The first-order valence-corrected chi connectivity index (χ1v) is 6.53. The molecule has 0 radical (unpaired) electrons. The Kier molecular flexibility index (Phi) is 4.93. The second-order valence-electron chi connectivity index (χ2n) is 4.58. The van der Waals surface area contributed by atoms with Crippen LogP contribution in [0, 0.1) is 0 Å². The maximum atomic E-state index is 5.17. The molecule has 0 aromatic rings. The first-order chi connectivity index (χ1) is 7.07. The molecule has 0 fully saturated rings. The van der Waals surface area contributed by atoms with Crippen LogP contribution in [-0.2, 0) is 4.74 Å². The number of nitrogens with one attached hydrogen (secondary N) is 1. The third kappa shape index (κ3) is 4.43. The van der Waals surface area contributed by atoms with Gasteiger partial charge in [0, 0.05) is 12.9 Å². The lowest BCUT2D eigenvalue weighted by atomic mass is 10.1. The van der Waals surface area contributed by atoms with Gasteiger partial charge in [0.15, 0.2) is 5.17 Å². The molecule has 1 N–H and O–H groups in total. The highest BCUT2D eigenvalue weighted by molar-refractivity contribution is 8.13. The molecule has 1 rings (SSSR count). The van der Waals surface area contributed by atoms with E-state index >= 15 is 0 Å². The number of hydrogen-bond donors (Lipinski definition) is 1. The minimum atomic E-state index is -0.0315. The Morgan fingerprint density at radius 2 is 2.33 bits per heavy atom. The van der Waals surface area contributed by atoms with Crippen LogP contribution in [0.4, 0.5) is 0 Å². The van der Waals surface area contributed by atoms with Crippen molar-refractivity contribution in [2.75, 3.05) is 19.5 Å². The van der Waals surface area contributed by atoms with Gasteiger partial charge in [0.05, 0.1) is 18.2 Å². The summed E-state index contributed by atoms with van der Waals surface area (Å²) < 4.78 is 5.17. The molecule has 1 aliphatic rings. The zero-order valence-corrected chi connectivity index (χ0v) is 11.0. The fourth-order valence-corrected chi connectivity index (χ4v) is 2.76. The quantitative estimate of drug-likeness (QED) is 0.804. The molecule has 0 spiro atoms. The smallest absolute Gasteiger partial charge is 0.157 e. The lowest BCUT2D eigenvalue weighted by Crippen LogP contribution is -2.46. The van der Waals surface area contributed by atoms with E-state index < -0.39 is 0 Å². The molecule has 88 valence electrons. The van der Waals surface area contributed by atoms with Crippen molar-refractivity contribution in [1.82, 2.24) is 5.32 Å². The van der Waals surface area contributed by atoms with Crippen LogP contribution >= 0.6 is 11.8 Å². The predicted molar refractivity (Wildman–Crippen MR) is 67.7 cm³/mol. The van der Waals surface area contributed by atoms with Gasteiger partial charge in [0.25, 0.3) is 0 Å². The molecule has 1 heterocycles. The number of amidine groups is 1. The number of hydrogen-bond acceptors (Lipinski definition) is 4. The Morgan fingerprint density at radius 3 is 2.93 bits per heavy atom. The van der Waals surface area contributed by atoms with Gasteiger partial charge in [-0.1, -0.05) is 18.7 Å². The van der Waals surface area contributed by atoms with Gasteiger partial charge >= 0.3 is 0 Å². The summed E-state index contributed by atoms with van der Waals surface area (Å²) in [5.74, 6) is 1.17. The fraction of sp³-hybridized carbons (Fsp3) is 0.909. The van der Waals surface area contributed by atoms with E-state index in [0.29, 0.717) is 12.6 Å². The lowest BCUT2D eigenvalue weighted by Gasteiger charge is -2.29. The average Bonchev–Trinajstić information content (AvgIpc) is 2.17. The Hall–Kier alpha value is -0.220. The first-order valence-electron chi connectivity index (χ1n) is 5.55. The van der Waals surface area contributed by atoms with Crippen molar-refractivity contribution >= 4 is 16.9 Å². The van der Waals surface area contributed by atoms with Gasteiger partial charge in [-0.3, -0.25) is 4.99 Å². The number of aliphatic imine (C=N–C) groups is 1. The van der Waals surface area contributed by atoms with Crippen LogP contribution in [0.5, 0.6) is 0 Å². The van der Waals surface area contributed by atoms with Crippen LogP contribution in [0.1, 0.15) is 33.6 Å². The van der Waals surface area contributed by atoms with Gasteiger partial charge in [-0.25, -0.2) is 0 Å². The summed E-state index contributed by atoms with van der Waals surface area (Å²) in [4.78, 5) is 4.68. The van der Waals surface area contributed by atoms with Crippen LogP contribution in [0.25, 0.3) is 0 Å². The van der Waals surface area contributed by atoms with E-state index in [9.17, 15) is 0 Å². The van der Waals surface area contributed by atoms with Crippen molar-refractivity contribution in [3.8, 4) is 0 Å². The van der Waals surface area contributed by atoms with Crippen LogP contribution in [-0.4, -0.2) is 36.2 Å². The highest BCUT2D eigenvalue weighted by atomic mass is 32.2. The summed E-state index contributed by atoms with van der Waals surface area (Å²) in [6.07, 6.45) is 2.34. The Balaban J connectivity index is 2.53. The molecular formula is C11H22N2OS. The molecule has 1 aliphatic heterocycles. The highest BCUT2D eigenvalue weighted by Gasteiger charge is 2.22. The standard InChI is InChI=1S/C11H22N2OS/c1-5-9-6-7-15-10(12-9)13-11(2,3)8-14-4/h9H,5-8H2,1-4H3,(H,12,13). The Bertz CT molecular complexity index is 229. The van der Waals surface area contributed by atoms with Crippen molar-refractivity contribution in [2.45, 2.75) is 45.2 Å². The molecule has 1 atom stereocenters. The third-order valence-electron chi connectivity index (χ3n) is 2.41. The third-order valence-corrected chi connectivity index (χ3v) is 3.33. The van der Waals surface area contributed by atoms with Crippen molar-refractivity contribution in [3.63, 3.8) is 0 Å². The Morgan fingerprint density at radius 1 is 1.60 bits per heavy atom. The van der Waals surface area contributed by atoms with Gasteiger partial charge < -0.3 is 10.1 Å². The molecule has 0 aromatic carbocycles. The molecule has 0 amide bonds. The maximum absolute atomic E-state index is 5.17. The number of ether oxygens (including phenoxy) is 1. The monoisotopic (exact) mass is 230 g/mol. The molecule has 0 aliphatic carbocycles. The van der Waals surface area contributed by atoms with E-state index in [2.05, 4.69) is 31.1 Å². The first kappa shape index (κ1) is 12.8. The minimum absolute atomic E-state index is 0.0315. The van der Waals surface area contributed by atoms with E-state index in [1.165, 1.54) is 12.2 Å². The van der Waals surface area contributed by atoms with Crippen molar-refractivity contribution in [3.05, 3.63) is 0 Å². The zero-order chi connectivity index (χ0) is 11.3. The zero-order valence-electron chi connectivity index (χ0n) is 10.2. The van der Waals surface area contributed by atoms with E-state index in [1.54, 1.807) is 7.11 Å². The van der Waals surface area contributed by atoms with Crippen LogP contribution < -0.4 is 5.32 Å². The summed E-state index contributed by atoms with van der Waals surface area (Å²) in [6, 6.07) is 0.507. The van der Waals surface area contributed by atoms with Gasteiger partial charge in [0.1, 0.15) is 0 Å². The average molecular weight is 230 g/mol. The summed E-state index contributed by atoms with van der Waals surface area (Å²) >= 11 is 1.82. The van der Waals surface area contributed by atoms with Crippen molar-refractivity contribution < 1.29 is 4.74 Å². The van der Waals surface area contributed by atoms with Gasteiger partial charge in [-0.05, 0) is 26.7 Å². The predicted octanol–water partition coefficient (Wildman–Crippen LogP) is 2.27. The Labute approximate surface area is 97.1 Å². The molecule has 1 unspecified atom stereocenters. The van der Waals surface area contributed by atoms with Gasteiger partial charge in [0.2, 0.25) is 0 Å². The number of nitrogens with zero attached hydrogens (tertiary/aromatic N) is 1. The number of methoxy groups -OCH3 is 1.